The van der Waals surface area contributed by atoms with Crippen molar-refractivity contribution in [1.29, 1.82) is 0 Å². The molecular formula is C24H24ClF2N4O4P. The predicted octanol–water partition coefficient (Wildman–Crippen LogP) is 3.78. The minimum Gasteiger partial charge on any atom is -0.477 e. The summed E-state index contributed by atoms with van der Waals surface area (Å²) in [6.07, 6.45) is 0. The number of nitrogens with one attached hydrogen (secondary N) is 1. The Morgan fingerprint density at radius 1 is 1.22 bits per heavy atom. The van der Waals surface area contributed by atoms with E-state index in [4.69, 9.17) is 32.9 Å². The van der Waals surface area contributed by atoms with Crippen LogP contribution in [0.3, 0.4) is 0 Å². The van der Waals surface area contributed by atoms with Crippen LogP contribution in [0.2, 0.25) is 5.02 Å². The standard InChI is InChI=1S/C22H21ClN4O2.C2H3F2O2P/c1-12(24)19-20(21-17(27-22(19)25)10-26-11-18(21)28)13-3-2-4-16(9-13)29-15-7-5-14(23)6-8-15;3-2(4,7)1(5)6/h2-9,20,26H,10-11,24H2,1H3,(H2,25,27);7H2,(H,5,6)/b19-12-;. The zero-order valence-electron chi connectivity index (χ0n) is 19.1. The molecule has 12 heteroatoms. The molecule has 0 bridgehead atoms. The lowest BCUT2D eigenvalue weighted by atomic mass is 9.77. The van der Waals surface area contributed by atoms with Crippen molar-refractivity contribution in [1.82, 2.24) is 5.32 Å². The van der Waals surface area contributed by atoms with E-state index in [1.165, 1.54) is 0 Å². The average molecular weight is 537 g/mol. The third-order valence-electron chi connectivity index (χ3n) is 5.25. The van der Waals surface area contributed by atoms with Crippen molar-refractivity contribution in [2.45, 2.75) is 18.5 Å². The smallest absolute Gasteiger partial charge is 0.378 e. The number of hydrogen-bond donors (Lipinski definition) is 4. The summed E-state index contributed by atoms with van der Waals surface area (Å²) < 4.78 is 28.4. The van der Waals surface area contributed by atoms with Gasteiger partial charge in [-0.05, 0) is 58.1 Å². The summed E-state index contributed by atoms with van der Waals surface area (Å²) in [5, 5.41) is 11.2. The molecule has 2 heterocycles. The molecule has 2 aromatic rings. The number of allylic oxidation sites excluding steroid dienone is 1. The number of alkyl halides is 2. The van der Waals surface area contributed by atoms with Crippen LogP contribution in [0.15, 0.2) is 76.1 Å². The quantitative estimate of drug-likeness (QED) is 0.436. The maximum Gasteiger partial charge on any atom is 0.378 e. The van der Waals surface area contributed by atoms with Gasteiger partial charge in [-0.1, -0.05) is 23.7 Å². The highest BCUT2D eigenvalue weighted by atomic mass is 35.5. The van der Waals surface area contributed by atoms with Gasteiger partial charge in [0.15, 0.2) is 5.78 Å². The number of aliphatic carboxylic acids is 1. The molecule has 0 fully saturated rings. The van der Waals surface area contributed by atoms with Crippen molar-refractivity contribution in [2.75, 3.05) is 13.1 Å². The number of aliphatic imine (C=N–C) groups is 1. The van der Waals surface area contributed by atoms with Gasteiger partial charge < -0.3 is 26.6 Å². The molecule has 2 unspecified atom stereocenters. The number of carbonyl (C=O) groups excluding carboxylic acids is 1. The Kier molecular flexibility index (Phi) is 8.45. The second-order valence-corrected chi connectivity index (χ2v) is 9.13. The van der Waals surface area contributed by atoms with Crippen LogP contribution in [0.1, 0.15) is 18.4 Å². The van der Waals surface area contributed by atoms with Gasteiger partial charge in [0.1, 0.15) is 17.3 Å². The number of hydrogen-bond acceptors (Lipinski definition) is 7. The highest BCUT2D eigenvalue weighted by Gasteiger charge is 2.37. The van der Waals surface area contributed by atoms with Gasteiger partial charge in [0.2, 0.25) is 0 Å². The topological polar surface area (TPSA) is 140 Å². The third-order valence-corrected chi connectivity index (χ3v) is 5.75. The van der Waals surface area contributed by atoms with E-state index >= 15 is 0 Å². The summed E-state index contributed by atoms with van der Waals surface area (Å²) in [5.74, 6) is -0.860. The first-order chi connectivity index (χ1) is 16.9. The molecule has 2 aromatic carbocycles. The molecule has 2 aliphatic rings. The first-order valence-corrected chi connectivity index (χ1v) is 11.5. The Morgan fingerprint density at radius 3 is 2.44 bits per heavy atom. The van der Waals surface area contributed by atoms with E-state index in [9.17, 15) is 18.4 Å². The van der Waals surface area contributed by atoms with E-state index < -0.39 is 11.6 Å². The van der Waals surface area contributed by atoms with Crippen LogP contribution in [0.25, 0.3) is 0 Å². The van der Waals surface area contributed by atoms with Gasteiger partial charge in [0.05, 0.1) is 12.2 Å². The van der Waals surface area contributed by atoms with Crippen molar-refractivity contribution in [3.8, 4) is 11.5 Å². The lowest BCUT2D eigenvalue weighted by Gasteiger charge is -2.32. The van der Waals surface area contributed by atoms with Crippen LogP contribution in [0, 0.1) is 0 Å². The van der Waals surface area contributed by atoms with Crippen molar-refractivity contribution in [3.05, 3.63) is 81.7 Å². The van der Waals surface area contributed by atoms with Gasteiger partial charge in [0.25, 0.3) is 0 Å². The lowest BCUT2D eigenvalue weighted by molar-refractivity contribution is -0.153. The van der Waals surface area contributed by atoms with Crippen LogP contribution in [0.5, 0.6) is 11.5 Å². The van der Waals surface area contributed by atoms with E-state index in [1.54, 1.807) is 31.2 Å². The van der Waals surface area contributed by atoms with Gasteiger partial charge in [-0.25, -0.2) is 9.79 Å². The number of benzene rings is 2. The molecule has 0 amide bonds. The van der Waals surface area contributed by atoms with E-state index in [0.29, 0.717) is 51.4 Å². The van der Waals surface area contributed by atoms with Crippen molar-refractivity contribution < 1.29 is 28.2 Å². The highest BCUT2D eigenvalue weighted by Crippen LogP contribution is 2.41. The number of nitrogens with two attached hydrogens (primary N) is 2. The molecule has 8 nitrogen and oxygen atoms in total. The molecule has 4 rings (SSSR count). The maximum atomic E-state index is 12.8. The summed E-state index contributed by atoms with van der Waals surface area (Å²) in [7, 11) is 0.898. The summed E-state index contributed by atoms with van der Waals surface area (Å²) in [5.41, 5.74) is 12.1. The summed E-state index contributed by atoms with van der Waals surface area (Å²) in [6, 6.07) is 14.7. The number of ether oxygens (including phenoxy) is 1. The number of ketones is 1. The van der Waals surface area contributed by atoms with Crippen molar-refractivity contribution in [2.24, 2.45) is 16.5 Å². The second kappa shape index (κ2) is 11.2. The van der Waals surface area contributed by atoms with E-state index in [1.807, 2.05) is 24.3 Å². The molecule has 2 atom stereocenters. The SMILES string of the molecule is C/C(N)=C1/C(N)=NC2=C(C(=O)CNC2)C1c1cccc(Oc2ccc(Cl)cc2)c1.O=C(O)C(F)(F)P. The number of nitrogens with zero attached hydrogens (tertiary/aromatic N) is 1. The van der Waals surface area contributed by atoms with Crippen molar-refractivity contribution >= 4 is 38.4 Å². The van der Waals surface area contributed by atoms with Gasteiger partial charge in [0, 0.05) is 34.3 Å². The molecule has 6 N–H and O–H groups in total. The number of Topliss-reactive ketones (excluding diaryl/α,β-unsaturated/α-hetero) is 1. The molecule has 190 valence electrons. The Balaban J connectivity index is 0.000000454. The number of carboxylic acid groups (broad SMARTS) is 1. The lowest BCUT2D eigenvalue weighted by Crippen LogP contribution is -2.40. The van der Waals surface area contributed by atoms with Crippen molar-refractivity contribution in [3.63, 3.8) is 0 Å². The summed E-state index contributed by atoms with van der Waals surface area (Å²) in [4.78, 5) is 26.4. The predicted molar refractivity (Wildman–Crippen MR) is 136 cm³/mol. The van der Waals surface area contributed by atoms with E-state index in [-0.39, 0.29) is 18.2 Å². The monoisotopic (exact) mass is 536 g/mol. The molecule has 0 spiro atoms. The Labute approximate surface area is 213 Å². The number of carbonyl (C=O) groups is 2. The van der Waals surface area contributed by atoms with Crippen LogP contribution >= 0.6 is 20.8 Å². The molecule has 2 aliphatic heterocycles. The highest BCUT2D eigenvalue weighted by molar-refractivity contribution is 7.20. The summed E-state index contributed by atoms with van der Waals surface area (Å²) >= 11 is 5.94. The third kappa shape index (κ3) is 6.46. The minimum atomic E-state index is -3.67. The van der Waals surface area contributed by atoms with Crippen LogP contribution in [-0.2, 0) is 9.59 Å². The molecule has 0 saturated heterocycles. The van der Waals surface area contributed by atoms with E-state index in [2.05, 4.69) is 10.3 Å². The second-order valence-electron chi connectivity index (χ2n) is 7.97. The largest absolute Gasteiger partial charge is 0.477 e. The molecule has 0 saturated carbocycles. The number of amidine groups is 1. The Hall–Kier alpha value is -3.33. The Morgan fingerprint density at radius 2 is 1.86 bits per heavy atom. The molecule has 0 radical (unpaired) electrons. The molecule has 0 aliphatic carbocycles. The molecular weight excluding hydrogens is 513 g/mol. The number of carboxylic acids is 1. The van der Waals surface area contributed by atoms with Gasteiger partial charge in [-0.2, -0.15) is 8.78 Å². The van der Waals surface area contributed by atoms with Gasteiger partial charge >= 0.3 is 11.6 Å². The fraction of sp³-hybridized carbons (Fsp3) is 0.208. The molecule has 0 aromatic heterocycles. The number of rotatable bonds is 4. The molecule has 36 heavy (non-hydrogen) atoms. The van der Waals surface area contributed by atoms with Gasteiger partial charge in [-0.3, -0.25) is 4.79 Å². The fourth-order valence-electron chi connectivity index (χ4n) is 3.73. The zero-order valence-corrected chi connectivity index (χ0v) is 21.0. The van der Waals surface area contributed by atoms with Gasteiger partial charge in [-0.15, -0.1) is 0 Å². The van der Waals surface area contributed by atoms with E-state index in [0.717, 1.165) is 14.8 Å². The number of halogens is 3. The fourth-order valence-corrected chi connectivity index (χ4v) is 3.86. The van der Waals surface area contributed by atoms with Crippen LogP contribution < -0.4 is 21.5 Å². The summed E-state index contributed by atoms with van der Waals surface area (Å²) in [6.45, 7) is 2.54. The van der Waals surface area contributed by atoms with Crippen LogP contribution in [0.4, 0.5) is 8.78 Å². The Bertz CT molecular complexity index is 1270. The maximum absolute atomic E-state index is 12.8. The normalized spacial score (nSPS) is 19.0. The average Bonchev–Trinajstić information content (AvgIpc) is 2.79. The first-order valence-electron chi connectivity index (χ1n) is 10.6. The zero-order chi connectivity index (χ0) is 26.6. The first kappa shape index (κ1) is 27.3. The van der Waals surface area contributed by atoms with Crippen LogP contribution in [-0.4, -0.2) is 41.4 Å². The minimum absolute atomic E-state index is 0.00438.